The van der Waals surface area contributed by atoms with Crippen molar-refractivity contribution in [2.45, 2.75) is 46.1 Å². The summed E-state index contributed by atoms with van der Waals surface area (Å²) in [4.78, 5) is 2.62. The van der Waals surface area contributed by atoms with Gasteiger partial charge in [0.2, 0.25) is 0 Å². The predicted octanol–water partition coefficient (Wildman–Crippen LogP) is 2.50. The van der Waals surface area contributed by atoms with Crippen LogP contribution in [0.5, 0.6) is 0 Å². The van der Waals surface area contributed by atoms with Crippen LogP contribution in [0.4, 0.5) is 0 Å². The second-order valence-corrected chi connectivity index (χ2v) is 6.44. The molecule has 0 amide bonds. The first kappa shape index (κ1) is 15.5. The van der Waals surface area contributed by atoms with Gasteiger partial charge in [-0.2, -0.15) is 5.10 Å². The van der Waals surface area contributed by atoms with E-state index in [0.717, 1.165) is 12.2 Å². The molecule has 1 aromatic rings. The lowest BCUT2D eigenvalue weighted by molar-refractivity contribution is 0.197. The van der Waals surface area contributed by atoms with Crippen LogP contribution in [0.1, 0.15) is 50.4 Å². The SMILES string of the molecule is Cc1nn(C)cc1C(C)NCC(C)CN1CCCCC1. The molecular weight excluding hydrogens is 248 g/mol. The number of nitrogens with zero attached hydrogens (tertiary/aromatic N) is 3. The van der Waals surface area contributed by atoms with Crippen molar-refractivity contribution >= 4 is 0 Å². The fourth-order valence-electron chi connectivity index (χ4n) is 3.18. The Bertz CT molecular complexity index is 407. The number of piperidine rings is 1. The van der Waals surface area contributed by atoms with Crippen LogP contribution in [0, 0.1) is 12.8 Å². The molecule has 114 valence electrons. The van der Waals surface area contributed by atoms with Crippen LogP contribution in [0.15, 0.2) is 6.20 Å². The van der Waals surface area contributed by atoms with Gasteiger partial charge in [0, 0.05) is 31.4 Å². The monoisotopic (exact) mass is 278 g/mol. The summed E-state index contributed by atoms with van der Waals surface area (Å²) in [5.74, 6) is 0.701. The highest BCUT2D eigenvalue weighted by Crippen LogP contribution is 2.16. The van der Waals surface area contributed by atoms with Crippen LogP contribution in [0.25, 0.3) is 0 Å². The summed E-state index contributed by atoms with van der Waals surface area (Å²) in [6, 6.07) is 0.382. The number of aromatic nitrogens is 2. The summed E-state index contributed by atoms with van der Waals surface area (Å²) in [5.41, 5.74) is 2.45. The molecule has 4 nitrogen and oxygen atoms in total. The van der Waals surface area contributed by atoms with E-state index < -0.39 is 0 Å². The number of hydrogen-bond donors (Lipinski definition) is 1. The standard InChI is InChI=1S/C16H30N4/c1-13(11-20-8-6-5-7-9-20)10-17-14(2)16-12-19(4)18-15(16)3/h12-14,17H,5-11H2,1-4H3. The molecule has 0 aromatic carbocycles. The van der Waals surface area contributed by atoms with E-state index in [-0.39, 0.29) is 0 Å². The maximum absolute atomic E-state index is 4.42. The van der Waals surface area contributed by atoms with E-state index in [9.17, 15) is 0 Å². The van der Waals surface area contributed by atoms with Crippen molar-refractivity contribution in [1.29, 1.82) is 0 Å². The fourth-order valence-corrected chi connectivity index (χ4v) is 3.18. The van der Waals surface area contributed by atoms with E-state index in [1.807, 2.05) is 11.7 Å². The van der Waals surface area contributed by atoms with E-state index in [1.54, 1.807) is 0 Å². The van der Waals surface area contributed by atoms with Crippen molar-refractivity contribution in [2.75, 3.05) is 26.2 Å². The Morgan fingerprint density at radius 1 is 1.25 bits per heavy atom. The molecule has 2 unspecified atom stereocenters. The Morgan fingerprint density at radius 2 is 1.95 bits per heavy atom. The number of likely N-dealkylation sites (tertiary alicyclic amines) is 1. The van der Waals surface area contributed by atoms with E-state index in [1.165, 1.54) is 44.5 Å². The minimum atomic E-state index is 0.382. The zero-order valence-electron chi connectivity index (χ0n) is 13.5. The third-order valence-corrected chi connectivity index (χ3v) is 4.31. The van der Waals surface area contributed by atoms with Gasteiger partial charge in [0.25, 0.3) is 0 Å². The summed E-state index contributed by atoms with van der Waals surface area (Å²) < 4.78 is 1.90. The molecule has 1 fully saturated rings. The van der Waals surface area contributed by atoms with Crippen LogP contribution in [0.3, 0.4) is 0 Å². The van der Waals surface area contributed by atoms with Gasteiger partial charge in [-0.3, -0.25) is 4.68 Å². The van der Waals surface area contributed by atoms with Crippen LogP contribution in [-0.4, -0.2) is 40.9 Å². The topological polar surface area (TPSA) is 33.1 Å². The molecular formula is C16H30N4. The molecule has 0 bridgehead atoms. The average molecular weight is 278 g/mol. The number of aryl methyl sites for hydroxylation is 2. The molecule has 0 radical (unpaired) electrons. The zero-order chi connectivity index (χ0) is 14.5. The number of nitrogens with one attached hydrogen (secondary N) is 1. The van der Waals surface area contributed by atoms with Crippen molar-refractivity contribution in [2.24, 2.45) is 13.0 Å². The van der Waals surface area contributed by atoms with Crippen LogP contribution < -0.4 is 5.32 Å². The molecule has 4 heteroatoms. The summed E-state index contributed by atoms with van der Waals surface area (Å²) in [7, 11) is 1.99. The van der Waals surface area contributed by atoms with Gasteiger partial charge < -0.3 is 10.2 Å². The van der Waals surface area contributed by atoms with Crippen molar-refractivity contribution in [3.63, 3.8) is 0 Å². The molecule has 2 heterocycles. The Labute approximate surface area is 123 Å². The molecule has 1 aromatic heterocycles. The Morgan fingerprint density at radius 3 is 2.55 bits per heavy atom. The van der Waals surface area contributed by atoms with Gasteiger partial charge in [-0.05, 0) is 52.2 Å². The molecule has 1 N–H and O–H groups in total. The molecule has 2 rings (SSSR count). The summed E-state index contributed by atoms with van der Waals surface area (Å²) >= 11 is 0. The largest absolute Gasteiger partial charge is 0.310 e. The van der Waals surface area contributed by atoms with Crippen molar-refractivity contribution in [1.82, 2.24) is 20.0 Å². The number of hydrogen-bond acceptors (Lipinski definition) is 3. The van der Waals surface area contributed by atoms with Gasteiger partial charge in [-0.15, -0.1) is 0 Å². The predicted molar refractivity (Wildman–Crippen MR) is 83.8 cm³/mol. The molecule has 0 aliphatic carbocycles. The van der Waals surface area contributed by atoms with E-state index in [0.29, 0.717) is 12.0 Å². The van der Waals surface area contributed by atoms with Crippen molar-refractivity contribution < 1.29 is 0 Å². The third kappa shape index (κ3) is 4.32. The molecule has 2 atom stereocenters. The highest BCUT2D eigenvalue weighted by Gasteiger charge is 2.15. The Balaban J connectivity index is 1.74. The second-order valence-electron chi connectivity index (χ2n) is 6.44. The maximum atomic E-state index is 4.42. The quantitative estimate of drug-likeness (QED) is 0.868. The lowest BCUT2D eigenvalue weighted by Crippen LogP contribution is -2.37. The van der Waals surface area contributed by atoms with Gasteiger partial charge in [0.15, 0.2) is 0 Å². The van der Waals surface area contributed by atoms with Gasteiger partial charge >= 0.3 is 0 Å². The highest BCUT2D eigenvalue weighted by molar-refractivity contribution is 5.19. The summed E-state index contributed by atoms with van der Waals surface area (Å²) in [6.07, 6.45) is 6.31. The van der Waals surface area contributed by atoms with E-state index >= 15 is 0 Å². The lowest BCUT2D eigenvalue weighted by atomic mass is 10.1. The van der Waals surface area contributed by atoms with Crippen LogP contribution >= 0.6 is 0 Å². The summed E-state index contributed by atoms with van der Waals surface area (Å²) in [5, 5.41) is 8.08. The normalized spacial score (nSPS) is 20.0. The molecule has 1 saturated heterocycles. The minimum absolute atomic E-state index is 0.382. The van der Waals surface area contributed by atoms with Crippen LogP contribution in [0.2, 0.25) is 0 Å². The average Bonchev–Trinajstić information content (AvgIpc) is 2.76. The van der Waals surface area contributed by atoms with Gasteiger partial charge in [-0.1, -0.05) is 13.3 Å². The first-order valence-corrected chi connectivity index (χ1v) is 8.02. The molecule has 0 saturated carbocycles. The molecule has 1 aliphatic rings. The Hall–Kier alpha value is -0.870. The van der Waals surface area contributed by atoms with Gasteiger partial charge in [0.1, 0.15) is 0 Å². The first-order valence-electron chi connectivity index (χ1n) is 8.02. The maximum Gasteiger partial charge on any atom is 0.0641 e. The molecule has 20 heavy (non-hydrogen) atoms. The van der Waals surface area contributed by atoms with E-state index in [2.05, 4.69) is 42.3 Å². The molecule has 0 spiro atoms. The number of rotatable bonds is 6. The molecule has 1 aliphatic heterocycles. The minimum Gasteiger partial charge on any atom is -0.310 e. The smallest absolute Gasteiger partial charge is 0.0641 e. The fraction of sp³-hybridized carbons (Fsp3) is 0.812. The van der Waals surface area contributed by atoms with Crippen molar-refractivity contribution in [3.8, 4) is 0 Å². The summed E-state index contributed by atoms with van der Waals surface area (Å²) in [6.45, 7) is 11.6. The van der Waals surface area contributed by atoms with Crippen molar-refractivity contribution in [3.05, 3.63) is 17.5 Å². The Kier molecular flexibility index (Phi) is 5.61. The second kappa shape index (κ2) is 7.23. The third-order valence-electron chi connectivity index (χ3n) is 4.31. The van der Waals surface area contributed by atoms with E-state index in [4.69, 9.17) is 0 Å². The highest BCUT2D eigenvalue weighted by atomic mass is 15.3. The van der Waals surface area contributed by atoms with Gasteiger partial charge in [0.05, 0.1) is 5.69 Å². The first-order chi connectivity index (χ1) is 9.56. The zero-order valence-corrected chi connectivity index (χ0v) is 13.5. The lowest BCUT2D eigenvalue weighted by Gasteiger charge is -2.29. The van der Waals surface area contributed by atoms with Gasteiger partial charge in [-0.25, -0.2) is 0 Å². The van der Waals surface area contributed by atoms with Crippen LogP contribution in [-0.2, 0) is 7.05 Å².